The maximum atomic E-state index is 11.6. The van der Waals surface area contributed by atoms with Gasteiger partial charge in [-0.25, -0.2) is 13.1 Å². The van der Waals surface area contributed by atoms with E-state index in [1.165, 1.54) is 0 Å². The van der Waals surface area contributed by atoms with E-state index in [-0.39, 0.29) is 30.6 Å². The lowest BCUT2D eigenvalue weighted by Gasteiger charge is -2.20. The van der Waals surface area contributed by atoms with E-state index < -0.39 is 15.6 Å². The molecular weight excluding hydrogens is 248 g/mol. The molecule has 0 aliphatic rings. The quantitative estimate of drug-likeness (QED) is 0.738. The molecule has 1 atom stereocenters. The molecule has 0 aliphatic heterocycles. The molecule has 0 heterocycles. The van der Waals surface area contributed by atoms with Crippen molar-refractivity contribution in [2.75, 3.05) is 12.3 Å². The Balaban J connectivity index is 0. The van der Waals surface area contributed by atoms with E-state index in [0.29, 0.717) is 0 Å². The second kappa shape index (κ2) is 7.48. The molecule has 1 unspecified atom stereocenters. The predicted molar refractivity (Wildman–Crippen MR) is 71.4 cm³/mol. The van der Waals surface area contributed by atoms with Gasteiger partial charge in [0.2, 0.25) is 10.0 Å². The highest BCUT2D eigenvalue weighted by Crippen LogP contribution is 2.07. The van der Waals surface area contributed by atoms with Gasteiger partial charge in [0.25, 0.3) is 0 Å². The van der Waals surface area contributed by atoms with Crippen molar-refractivity contribution >= 4 is 22.4 Å². The van der Waals surface area contributed by atoms with Gasteiger partial charge in [0.1, 0.15) is 0 Å². The van der Waals surface area contributed by atoms with Gasteiger partial charge < -0.3 is 5.73 Å². The lowest BCUT2D eigenvalue weighted by atomic mass is 10.1. The van der Waals surface area contributed by atoms with Gasteiger partial charge in [-0.15, -0.1) is 12.4 Å². The van der Waals surface area contributed by atoms with Gasteiger partial charge in [-0.3, -0.25) is 0 Å². The van der Waals surface area contributed by atoms with Crippen LogP contribution in [-0.4, -0.2) is 26.3 Å². The summed E-state index contributed by atoms with van der Waals surface area (Å²) in [5.74, 6) is 0.394. The van der Waals surface area contributed by atoms with Crippen LogP contribution in [0.15, 0.2) is 0 Å². The van der Waals surface area contributed by atoms with E-state index in [1.54, 1.807) is 13.8 Å². The lowest BCUT2D eigenvalue weighted by Crippen LogP contribution is -2.46. The summed E-state index contributed by atoms with van der Waals surface area (Å²) >= 11 is 0. The molecule has 4 nitrogen and oxygen atoms in total. The predicted octanol–water partition coefficient (Wildman–Crippen LogP) is 1.50. The number of hydrogen-bond acceptors (Lipinski definition) is 3. The first-order chi connectivity index (χ1) is 6.66. The van der Waals surface area contributed by atoms with E-state index in [1.807, 2.05) is 6.92 Å². The molecule has 0 fully saturated rings. The Kier molecular flexibility index (Phi) is 8.66. The van der Waals surface area contributed by atoms with Crippen molar-refractivity contribution in [3.05, 3.63) is 0 Å². The van der Waals surface area contributed by atoms with Gasteiger partial charge >= 0.3 is 0 Å². The van der Waals surface area contributed by atoms with Crippen molar-refractivity contribution in [2.45, 2.75) is 46.1 Å². The van der Waals surface area contributed by atoms with Crippen LogP contribution >= 0.6 is 12.4 Å². The molecule has 0 aromatic carbocycles. The summed E-state index contributed by atoms with van der Waals surface area (Å²) in [7, 11) is -3.17. The standard InChI is InChI=1S/C10H24N2O2S.ClH/c1-5-6-9(2)7-15(13,14)12-8-10(3,4)11;/h9,12H,5-8,11H2,1-4H3;1H. The minimum Gasteiger partial charge on any atom is -0.324 e. The van der Waals surface area contributed by atoms with Gasteiger partial charge in [-0.1, -0.05) is 20.3 Å². The topological polar surface area (TPSA) is 72.2 Å². The summed E-state index contributed by atoms with van der Waals surface area (Å²) in [6.07, 6.45) is 1.95. The third-order valence-electron chi connectivity index (χ3n) is 2.03. The molecule has 0 aliphatic carbocycles. The summed E-state index contributed by atoms with van der Waals surface area (Å²) in [6, 6.07) is 0. The Bertz CT molecular complexity index is 273. The van der Waals surface area contributed by atoms with E-state index in [0.717, 1.165) is 12.8 Å². The molecule has 16 heavy (non-hydrogen) atoms. The summed E-state index contributed by atoms with van der Waals surface area (Å²) < 4.78 is 25.7. The molecule has 0 aromatic rings. The first kappa shape index (κ1) is 18.5. The van der Waals surface area contributed by atoms with Crippen molar-refractivity contribution < 1.29 is 8.42 Å². The fourth-order valence-corrected chi connectivity index (χ4v) is 2.93. The molecule has 0 spiro atoms. The van der Waals surface area contributed by atoms with Gasteiger partial charge in [0.15, 0.2) is 0 Å². The molecule has 0 rings (SSSR count). The number of nitrogens with one attached hydrogen (secondary N) is 1. The normalized spacial score (nSPS) is 14.3. The van der Waals surface area contributed by atoms with Crippen LogP contribution < -0.4 is 10.5 Å². The van der Waals surface area contributed by atoms with Crippen molar-refractivity contribution in [2.24, 2.45) is 11.7 Å². The number of nitrogens with two attached hydrogens (primary N) is 1. The zero-order chi connectivity index (χ0) is 12.1. The average molecular weight is 273 g/mol. The number of halogens is 1. The second-order valence-corrected chi connectivity index (χ2v) is 6.84. The minimum absolute atomic E-state index is 0. The number of hydrogen-bond donors (Lipinski definition) is 2. The highest BCUT2D eigenvalue weighted by Gasteiger charge is 2.18. The Morgan fingerprint density at radius 1 is 1.38 bits per heavy atom. The molecular formula is C10H25ClN2O2S. The third-order valence-corrected chi connectivity index (χ3v) is 3.63. The lowest BCUT2D eigenvalue weighted by molar-refractivity contribution is 0.489. The van der Waals surface area contributed by atoms with E-state index in [2.05, 4.69) is 11.6 Å². The molecule has 0 aromatic heterocycles. The monoisotopic (exact) mass is 272 g/mol. The molecule has 0 amide bonds. The first-order valence-electron chi connectivity index (χ1n) is 5.42. The molecule has 0 saturated heterocycles. The van der Waals surface area contributed by atoms with Crippen molar-refractivity contribution in [1.29, 1.82) is 0 Å². The van der Waals surface area contributed by atoms with Crippen LogP contribution in [0.4, 0.5) is 0 Å². The first-order valence-corrected chi connectivity index (χ1v) is 7.08. The molecule has 0 bridgehead atoms. The smallest absolute Gasteiger partial charge is 0.211 e. The van der Waals surface area contributed by atoms with Crippen LogP contribution in [-0.2, 0) is 10.0 Å². The van der Waals surface area contributed by atoms with Crippen LogP contribution in [0.3, 0.4) is 0 Å². The van der Waals surface area contributed by atoms with Crippen LogP contribution in [0.25, 0.3) is 0 Å². The largest absolute Gasteiger partial charge is 0.324 e. The maximum absolute atomic E-state index is 11.6. The maximum Gasteiger partial charge on any atom is 0.211 e. The van der Waals surface area contributed by atoms with Crippen LogP contribution in [0, 0.1) is 5.92 Å². The van der Waals surface area contributed by atoms with Gasteiger partial charge in [0.05, 0.1) is 5.75 Å². The van der Waals surface area contributed by atoms with Crippen LogP contribution in [0.2, 0.25) is 0 Å². The summed E-state index contributed by atoms with van der Waals surface area (Å²) in [5.41, 5.74) is 5.21. The minimum atomic E-state index is -3.17. The number of sulfonamides is 1. The van der Waals surface area contributed by atoms with Crippen molar-refractivity contribution in [3.8, 4) is 0 Å². The highest BCUT2D eigenvalue weighted by atomic mass is 35.5. The molecule has 0 radical (unpaired) electrons. The fourth-order valence-electron chi connectivity index (χ4n) is 1.31. The van der Waals surface area contributed by atoms with E-state index >= 15 is 0 Å². The number of rotatable bonds is 7. The van der Waals surface area contributed by atoms with Crippen LogP contribution in [0.1, 0.15) is 40.5 Å². The molecule has 100 valence electrons. The van der Waals surface area contributed by atoms with E-state index in [4.69, 9.17) is 5.73 Å². The average Bonchev–Trinajstić information content (AvgIpc) is 1.99. The third kappa shape index (κ3) is 10.7. The Morgan fingerprint density at radius 2 is 1.88 bits per heavy atom. The zero-order valence-electron chi connectivity index (χ0n) is 10.6. The fraction of sp³-hybridized carbons (Fsp3) is 1.00. The SMILES string of the molecule is CCCC(C)CS(=O)(=O)NCC(C)(C)N.Cl. The van der Waals surface area contributed by atoms with E-state index in [9.17, 15) is 8.42 Å². The van der Waals surface area contributed by atoms with Gasteiger partial charge in [0, 0.05) is 12.1 Å². The van der Waals surface area contributed by atoms with Crippen molar-refractivity contribution in [3.63, 3.8) is 0 Å². The van der Waals surface area contributed by atoms with Gasteiger partial charge in [-0.2, -0.15) is 0 Å². The highest BCUT2D eigenvalue weighted by molar-refractivity contribution is 7.89. The van der Waals surface area contributed by atoms with Gasteiger partial charge in [-0.05, 0) is 26.2 Å². The Hall–Kier alpha value is 0.160. The Labute approximate surface area is 106 Å². The molecule has 6 heteroatoms. The van der Waals surface area contributed by atoms with Crippen molar-refractivity contribution in [1.82, 2.24) is 4.72 Å². The Morgan fingerprint density at radius 3 is 2.25 bits per heavy atom. The second-order valence-electron chi connectivity index (χ2n) is 4.98. The summed E-state index contributed by atoms with van der Waals surface area (Å²) in [5, 5.41) is 0. The molecule has 0 saturated carbocycles. The summed E-state index contributed by atoms with van der Waals surface area (Å²) in [4.78, 5) is 0. The van der Waals surface area contributed by atoms with Crippen LogP contribution in [0.5, 0.6) is 0 Å². The zero-order valence-corrected chi connectivity index (χ0v) is 12.2. The molecule has 3 N–H and O–H groups in total. The summed E-state index contributed by atoms with van der Waals surface area (Å²) in [6.45, 7) is 7.89.